The second-order valence-electron chi connectivity index (χ2n) is 4.09. The highest BCUT2D eigenvalue weighted by Crippen LogP contribution is 2.36. The van der Waals surface area contributed by atoms with Crippen molar-refractivity contribution in [1.82, 2.24) is 19.5 Å². The fourth-order valence-electron chi connectivity index (χ4n) is 1.98. The number of hydrogen-bond donors (Lipinski definition) is 3. The van der Waals surface area contributed by atoms with E-state index in [2.05, 4.69) is 15.0 Å². The van der Waals surface area contributed by atoms with E-state index in [0.29, 0.717) is 0 Å². The van der Waals surface area contributed by atoms with Gasteiger partial charge in [-0.1, -0.05) is 0 Å². The number of aromatic hydroxyl groups is 1. The Morgan fingerprint density at radius 1 is 1.35 bits per heavy atom. The van der Waals surface area contributed by atoms with Crippen LogP contribution >= 0.6 is 11.6 Å². The Bertz CT molecular complexity index is 702. The fraction of sp³-hybridized carbons (Fsp3) is 0.300. The lowest BCUT2D eigenvalue weighted by molar-refractivity contribution is -0.0120. The Morgan fingerprint density at radius 3 is 2.75 bits per heavy atom. The summed E-state index contributed by atoms with van der Waals surface area (Å²) in [6.45, 7) is 0. The maximum atomic E-state index is 13.0. The molecule has 1 fully saturated rings. The average molecular weight is 303 g/mol. The maximum Gasteiger partial charge on any atom is 0.242 e. The van der Waals surface area contributed by atoms with Gasteiger partial charge >= 0.3 is 0 Å². The van der Waals surface area contributed by atoms with Gasteiger partial charge in [-0.25, -0.2) is 9.97 Å². The van der Waals surface area contributed by atoms with Crippen molar-refractivity contribution in [1.29, 1.82) is 0 Å². The second kappa shape index (κ2) is 4.54. The maximum absolute atomic E-state index is 13.0. The highest BCUT2D eigenvalue weighted by Gasteiger charge is 2.43. The molecule has 3 atom stereocenters. The molecule has 0 aliphatic carbocycles. The highest BCUT2D eigenvalue weighted by atomic mass is 35.5. The van der Waals surface area contributed by atoms with Crippen LogP contribution in [0.5, 0.6) is 5.88 Å². The lowest BCUT2D eigenvalue weighted by Gasteiger charge is -2.15. The van der Waals surface area contributed by atoms with Crippen molar-refractivity contribution in [3.63, 3.8) is 0 Å². The fourth-order valence-corrected chi connectivity index (χ4v) is 2.14. The van der Waals surface area contributed by atoms with E-state index in [4.69, 9.17) is 16.3 Å². The summed E-state index contributed by atoms with van der Waals surface area (Å²) in [6, 6.07) is 0. The molecule has 3 rings (SSSR count). The van der Waals surface area contributed by atoms with Gasteiger partial charge in [-0.15, -0.1) is 0 Å². The summed E-state index contributed by atoms with van der Waals surface area (Å²) in [5, 5.41) is 27.8. The van der Waals surface area contributed by atoms with Gasteiger partial charge in [-0.05, 0) is 11.6 Å². The Labute approximate surface area is 115 Å². The van der Waals surface area contributed by atoms with Gasteiger partial charge < -0.3 is 20.1 Å². The number of aromatic nitrogens is 4. The van der Waals surface area contributed by atoms with E-state index in [9.17, 15) is 19.7 Å². The van der Waals surface area contributed by atoms with Crippen molar-refractivity contribution in [2.45, 2.75) is 18.4 Å². The molecule has 1 aliphatic rings. The van der Waals surface area contributed by atoms with Gasteiger partial charge in [0.15, 0.2) is 16.9 Å². The average Bonchev–Trinajstić information content (AvgIpc) is 2.94. The monoisotopic (exact) mass is 302 g/mol. The van der Waals surface area contributed by atoms with E-state index < -0.39 is 29.5 Å². The van der Waals surface area contributed by atoms with Gasteiger partial charge in [-0.2, -0.15) is 9.37 Å². The summed E-state index contributed by atoms with van der Waals surface area (Å²) >= 11 is 5.14. The third-order valence-corrected chi connectivity index (χ3v) is 3.12. The minimum absolute atomic E-state index is 0.0848. The SMILES string of the molecule is Oc1ncnc2c1ncn2[C@@H]1O/C(=C(/F)Cl)C(O)C1O. The Balaban J connectivity index is 2.09. The number of halogens is 2. The number of nitrogens with zero attached hydrogens (tertiary/aromatic N) is 4. The van der Waals surface area contributed by atoms with Crippen molar-refractivity contribution in [2.75, 3.05) is 0 Å². The third kappa shape index (κ3) is 1.79. The van der Waals surface area contributed by atoms with Crippen LogP contribution in [0, 0.1) is 0 Å². The molecule has 3 N–H and O–H groups in total. The molecule has 1 aliphatic heterocycles. The zero-order valence-electron chi connectivity index (χ0n) is 9.68. The number of hydrogen-bond acceptors (Lipinski definition) is 7. The van der Waals surface area contributed by atoms with Crippen LogP contribution in [0.1, 0.15) is 6.23 Å². The first-order valence-electron chi connectivity index (χ1n) is 5.45. The number of ether oxygens (including phenoxy) is 1. The van der Waals surface area contributed by atoms with Crippen LogP contribution in [-0.2, 0) is 4.74 Å². The van der Waals surface area contributed by atoms with Gasteiger partial charge in [0.05, 0.1) is 0 Å². The molecule has 0 bridgehead atoms. The Morgan fingerprint density at radius 2 is 2.10 bits per heavy atom. The van der Waals surface area contributed by atoms with E-state index in [0.717, 1.165) is 6.33 Å². The van der Waals surface area contributed by atoms with E-state index in [1.165, 1.54) is 10.9 Å². The summed E-state index contributed by atoms with van der Waals surface area (Å²) in [4.78, 5) is 11.3. The van der Waals surface area contributed by atoms with Crippen LogP contribution in [0.25, 0.3) is 11.2 Å². The smallest absolute Gasteiger partial charge is 0.242 e. The van der Waals surface area contributed by atoms with Crippen molar-refractivity contribution in [3.8, 4) is 5.88 Å². The topological polar surface area (TPSA) is 114 Å². The molecular formula is C10H8ClFN4O4. The zero-order chi connectivity index (χ0) is 14.4. The van der Waals surface area contributed by atoms with Crippen molar-refractivity contribution >= 4 is 22.8 Å². The molecule has 8 nitrogen and oxygen atoms in total. The minimum atomic E-state index is -1.61. The summed E-state index contributed by atoms with van der Waals surface area (Å²) in [6.07, 6.45) is -1.94. The minimum Gasteiger partial charge on any atom is -0.492 e. The predicted octanol–water partition coefficient (Wildman–Crippen LogP) is 0.160. The standard InChI is InChI=1S/C10H8ClFN4O4/c11-7(12)6-4(17)5(18)10(20-6)16-2-15-3-8(16)13-1-14-9(3)19/h1-2,4-5,10,17-18H,(H,13,14,19)/b7-6+/t4?,5?,10-/m1/s1. The summed E-state index contributed by atoms with van der Waals surface area (Å²) in [5.41, 5.74) is 0.242. The summed E-state index contributed by atoms with van der Waals surface area (Å²) in [7, 11) is 0. The normalized spacial score (nSPS) is 28.7. The first-order chi connectivity index (χ1) is 9.50. The highest BCUT2D eigenvalue weighted by molar-refractivity contribution is 6.28. The van der Waals surface area contributed by atoms with Crippen LogP contribution in [-0.4, -0.2) is 47.0 Å². The molecular weight excluding hydrogens is 295 g/mol. The molecule has 0 amide bonds. The number of aliphatic hydroxyl groups is 2. The number of imidazole rings is 1. The molecule has 0 spiro atoms. The van der Waals surface area contributed by atoms with Gasteiger partial charge in [-0.3, -0.25) is 4.57 Å². The zero-order valence-corrected chi connectivity index (χ0v) is 10.4. The van der Waals surface area contributed by atoms with Crippen LogP contribution < -0.4 is 0 Å². The third-order valence-electron chi connectivity index (χ3n) is 2.93. The van der Waals surface area contributed by atoms with E-state index in [-0.39, 0.29) is 17.0 Å². The number of fused-ring (bicyclic) bond motifs is 1. The van der Waals surface area contributed by atoms with Crippen LogP contribution in [0.2, 0.25) is 0 Å². The molecule has 2 aromatic rings. The lowest BCUT2D eigenvalue weighted by atomic mass is 10.2. The van der Waals surface area contributed by atoms with Gasteiger partial charge in [0.1, 0.15) is 24.9 Å². The summed E-state index contributed by atoms with van der Waals surface area (Å²) < 4.78 is 19.3. The van der Waals surface area contributed by atoms with E-state index in [1.807, 2.05) is 0 Å². The molecule has 1 saturated heterocycles. The number of rotatable bonds is 1. The summed E-state index contributed by atoms with van der Waals surface area (Å²) in [5.74, 6) is -0.912. The lowest BCUT2D eigenvalue weighted by Crippen LogP contribution is -2.27. The molecule has 2 unspecified atom stereocenters. The van der Waals surface area contributed by atoms with Crippen molar-refractivity contribution in [3.05, 3.63) is 23.7 Å². The van der Waals surface area contributed by atoms with E-state index >= 15 is 0 Å². The van der Waals surface area contributed by atoms with Gasteiger partial charge in [0, 0.05) is 0 Å². The molecule has 2 aromatic heterocycles. The molecule has 106 valence electrons. The molecule has 0 radical (unpaired) electrons. The van der Waals surface area contributed by atoms with E-state index in [1.54, 1.807) is 0 Å². The van der Waals surface area contributed by atoms with Crippen molar-refractivity contribution < 1.29 is 24.4 Å². The Hall–Kier alpha value is -1.97. The van der Waals surface area contributed by atoms with Crippen molar-refractivity contribution in [2.24, 2.45) is 0 Å². The first kappa shape index (κ1) is 13.0. The van der Waals surface area contributed by atoms with Crippen LogP contribution in [0.3, 0.4) is 0 Å². The van der Waals surface area contributed by atoms with Crippen LogP contribution in [0.4, 0.5) is 4.39 Å². The molecule has 0 saturated carbocycles. The first-order valence-corrected chi connectivity index (χ1v) is 5.83. The molecule has 20 heavy (non-hydrogen) atoms. The number of aliphatic hydroxyl groups excluding tert-OH is 2. The Kier molecular flexibility index (Phi) is 2.96. The largest absolute Gasteiger partial charge is 0.492 e. The predicted molar refractivity (Wildman–Crippen MR) is 63.1 cm³/mol. The molecule has 0 aromatic carbocycles. The second-order valence-corrected chi connectivity index (χ2v) is 4.42. The van der Waals surface area contributed by atoms with Crippen LogP contribution in [0.15, 0.2) is 23.7 Å². The molecule has 10 heteroatoms. The van der Waals surface area contributed by atoms with Gasteiger partial charge in [0.25, 0.3) is 0 Å². The quantitative estimate of drug-likeness (QED) is 0.687. The molecule has 3 heterocycles. The van der Waals surface area contributed by atoms with Gasteiger partial charge in [0.2, 0.25) is 17.4 Å².